The highest BCUT2D eigenvalue weighted by Crippen LogP contribution is 2.30. The van der Waals surface area contributed by atoms with Gasteiger partial charge in [-0.15, -0.1) is 0 Å². The number of carbonyl (C=O) groups excluding carboxylic acids is 1. The van der Waals surface area contributed by atoms with Gasteiger partial charge in [-0.25, -0.2) is 8.42 Å². The lowest BCUT2D eigenvalue weighted by Crippen LogP contribution is -2.53. The first-order valence-electron chi connectivity index (χ1n) is 10.5. The Morgan fingerprint density at radius 3 is 2.31 bits per heavy atom. The summed E-state index contributed by atoms with van der Waals surface area (Å²) in [6.07, 6.45) is 5.35. The van der Waals surface area contributed by atoms with E-state index < -0.39 is 10.0 Å². The van der Waals surface area contributed by atoms with E-state index in [0.29, 0.717) is 25.2 Å². The summed E-state index contributed by atoms with van der Waals surface area (Å²) in [6, 6.07) is 4.62. The molecule has 2 heterocycles. The highest BCUT2D eigenvalue weighted by atomic mass is 32.2. The lowest BCUT2D eigenvalue weighted by atomic mass is 9.98. The van der Waals surface area contributed by atoms with Crippen LogP contribution in [0.5, 0.6) is 5.75 Å². The Bertz CT molecular complexity index is 826. The average Bonchev–Trinajstić information content (AvgIpc) is 3.28. The van der Waals surface area contributed by atoms with Crippen molar-refractivity contribution in [1.82, 2.24) is 14.5 Å². The van der Waals surface area contributed by atoms with Gasteiger partial charge in [0.1, 0.15) is 10.6 Å². The van der Waals surface area contributed by atoms with Gasteiger partial charge in [0.15, 0.2) is 0 Å². The van der Waals surface area contributed by atoms with Crippen LogP contribution in [0.2, 0.25) is 0 Å². The summed E-state index contributed by atoms with van der Waals surface area (Å²) in [5.41, 5.74) is 0.186. The maximum absolute atomic E-state index is 13.0. The summed E-state index contributed by atoms with van der Waals surface area (Å²) in [5, 5.41) is 2.99. The summed E-state index contributed by atoms with van der Waals surface area (Å²) in [4.78, 5) is 15.3. The first-order valence-corrected chi connectivity index (χ1v) is 11.9. The molecule has 29 heavy (non-hydrogen) atoms. The first kappa shape index (κ1) is 22.1. The van der Waals surface area contributed by atoms with Crippen LogP contribution >= 0.6 is 0 Å². The van der Waals surface area contributed by atoms with Crippen molar-refractivity contribution in [2.24, 2.45) is 0 Å². The van der Waals surface area contributed by atoms with Crippen molar-refractivity contribution in [1.29, 1.82) is 0 Å². The minimum atomic E-state index is -3.68. The number of nitrogens with zero attached hydrogens (tertiary/aromatic N) is 2. The average molecular weight is 424 g/mol. The van der Waals surface area contributed by atoms with Gasteiger partial charge in [-0.3, -0.25) is 9.69 Å². The molecule has 0 bridgehead atoms. The van der Waals surface area contributed by atoms with Gasteiger partial charge in [0.05, 0.1) is 7.11 Å². The third-order valence-corrected chi connectivity index (χ3v) is 7.92. The number of carbonyl (C=O) groups is 1. The summed E-state index contributed by atoms with van der Waals surface area (Å²) in [7, 11) is -2.23. The predicted octanol–water partition coefficient (Wildman–Crippen LogP) is 2.47. The number of hydrogen-bond acceptors (Lipinski definition) is 5. The van der Waals surface area contributed by atoms with Gasteiger partial charge >= 0.3 is 0 Å². The molecule has 1 aromatic rings. The Balaban J connectivity index is 1.75. The standard InChI is InChI=1S/C21H33N3O4S/c1-21(2,23-11-5-4-6-12-23)16-22-20(25)17-9-10-18(28-3)19(15-17)29(26,27)24-13-7-8-14-24/h9-10,15H,4-8,11-14,16H2,1-3H3,(H,22,25). The molecule has 0 spiro atoms. The fourth-order valence-corrected chi connectivity index (χ4v) is 5.80. The molecule has 1 amide bonds. The SMILES string of the molecule is COc1ccc(C(=O)NCC(C)(C)N2CCCCC2)cc1S(=O)(=O)N1CCCC1. The van der Waals surface area contributed by atoms with Crippen LogP contribution in [0.1, 0.15) is 56.3 Å². The summed E-state index contributed by atoms with van der Waals surface area (Å²) >= 11 is 0. The molecule has 8 heteroatoms. The molecule has 0 atom stereocenters. The second-order valence-corrected chi connectivity index (χ2v) is 10.4. The molecule has 1 N–H and O–H groups in total. The van der Waals surface area contributed by atoms with Crippen LogP contribution in [0.3, 0.4) is 0 Å². The van der Waals surface area contributed by atoms with Gasteiger partial charge in [0.25, 0.3) is 5.91 Å². The molecule has 2 aliphatic rings. The largest absolute Gasteiger partial charge is 0.495 e. The molecule has 3 rings (SSSR count). The molecule has 0 aromatic heterocycles. The van der Waals surface area contributed by atoms with Crippen molar-refractivity contribution in [3.05, 3.63) is 23.8 Å². The number of ether oxygens (including phenoxy) is 1. The van der Waals surface area contributed by atoms with Gasteiger partial charge in [-0.05, 0) is 70.8 Å². The molecule has 2 aliphatic heterocycles. The Labute approximate surface area is 174 Å². The zero-order valence-corrected chi connectivity index (χ0v) is 18.6. The van der Waals surface area contributed by atoms with Crippen LogP contribution in [0.15, 0.2) is 23.1 Å². The second-order valence-electron chi connectivity index (χ2n) is 8.52. The zero-order chi connectivity index (χ0) is 21.1. The number of nitrogens with one attached hydrogen (secondary N) is 1. The van der Waals surface area contributed by atoms with Crippen molar-refractivity contribution in [3.8, 4) is 5.75 Å². The molecule has 7 nitrogen and oxygen atoms in total. The van der Waals surface area contributed by atoms with E-state index in [4.69, 9.17) is 4.74 Å². The summed E-state index contributed by atoms with van der Waals surface area (Å²) in [6.45, 7) is 7.88. The minimum absolute atomic E-state index is 0.0600. The maximum atomic E-state index is 13.0. The van der Waals surface area contributed by atoms with E-state index in [-0.39, 0.29) is 22.1 Å². The van der Waals surface area contributed by atoms with Crippen LogP contribution < -0.4 is 10.1 Å². The first-order chi connectivity index (χ1) is 13.8. The van der Waals surface area contributed by atoms with E-state index >= 15 is 0 Å². The third-order valence-electron chi connectivity index (χ3n) is 6.00. The van der Waals surface area contributed by atoms with Crippen molar-refractivity contribution in [2.45, 2.75) is 56.4 Å². The Hall–Kier alpha value is -1.64. The normalized spacial score (nSPS) is 19.3. The van der Waals surface area contributed by atoms with Gasteiger partial charge in [0.2, 0.25) is 10.0 Å². The smallest absolute Gasteiger partial charge is 0.251 e. The van der Waals surface area contributed by atoms with E-state index in [1.165, 1.54) is 36.7 Å². The summed E-state index contributed by atoms with van der Waals surface area (Å²) in [5.74, 6) is -0.00212. The molecule has 2 saturated heterocycles. The van der Waals surface area contributed by atoms with Crippen molar-refractivity contribution >= 4 is 15.9 Å². The van der Waals surface area contributed by atoms with Crippen LogP contribution in [0.25, 0.3) is 0 Å². The minimum Gasteiger partial charge on any atom is -0.495 e. The molecular weight excluding hydrogens is 390 g/mol. The Morgan fingerprint density at radius 1 is 1.07 bits per heavy atom. The van der Waals surface area contributed by atoms with E-state index in [1.54, 1.807) is 12.1 Å². The predicted molar refractivity (Wildman–Crippen MR) is 113 cm³/mol. The van der Waals surface area contributed by atoms with Gasteiger partial charge in [-0.2, -0.15) is 4.31 Å². The molecule has 2 fully saturated rings. The van der Waals surface area contributed by atoms with E-state index in [1.807, 2.05) is 0 Å². The fraction of sp³-hybridized carbons (Fsp3) is 0.667. The van der Waals surface area contributed by atoms with Gasteiger partial charge in [0, 0.05) is 30.7 Å². The lowest BCUT2D eigenvalue weighted by Gasteiger charge is -2.41. The van der Waals surface area contributed by atoms with Crippen LogP contribution in [0.4, 0.5) is 0 Å². The number of benzene rings is 1. The highest BCUT2D eigenvalue weighted by Gasteiger charge is 2.31. The highest BCUT2D eigenvalue weighted by molar-refractivity contribution is 7.89. The second kappa shape index (κ2) is 9.02. The van der Waals surface area contributed by atoms with Gasteiger partial charge in [-0.1, -0.05) is 6.42 Å². The number of methoxy groups -OCH3 is 1. The number of sulfonamides is 1. The molecule has 0 unspecified atom stereocenters. The van der Waals surface area contributed by atoms with Crippen molar-refractivity contribution in [3.63, 3.8) is 0 Å². The van der Waals surface area contributed by atoms with E-state index in [9.17, 15) is 13.2 Å². The van der Waals surface area contributed by atoms with Crippen molar-refractivity contribution in [2.75, 3.05) is 39.8 Å². The molecule has 162 valence electrons. The lowest BCUT2D eigenvalue weighted by molar-refractivity contribution is 0.0797. The van der Waals surface area contributed by atoms with E-state index in [0.717, 1.165) is 25.9 Å². The Kier molecular flexibility index (Phi) is 6.86. The molecule has 0 saturated carbocycles. The monoisotopic (exact) mass is 423 g/mol. The fourth-order valence-electron chi connectivity index (χ4n) is 4.10. The number of amides is 1. The number of piperidine rings is 1. The number of rotatable bonds is 7. The Morgan fingerprint density at radius 2 is 1.69 bits per heavy atom. The van der Waals surface area contributed by atoms with Crippen LogP contribution in [-0.4, -0.2) is 68.9 Å². The van der Waals surface area contributed by atoms with E-state index in [2.05, 4.69) is 24.1 Å². The zero-order valence-electron chi connectivity index (χ0n) is 17.7. The quantitative estimate of drug-likeness (QED) is 0.729. The van der Waals surface area contributed by atoms with Crippen molar-refractivity contribution < 1.29 is 17.9 Å². The number of likely N-dealkylation sites (tertiary alicyclic amines) is 1. The van der Waals surface area contributed by atoms with Crippen LogP contribution in [0, 0.1) is 0 Å². The molecule has 0 aliphatic carbocycles. The molecule has 1 aromatic carbocycles. The summed E-state index contributed by atoms with van der Waals surface area (Å²) < 4.78 is 32.8. The number of hydrogen-bond donors (Lipinski definition) is 1. The maximum Gasteiger partial charge on any atom is 0.251 e. The third kappa shape index (κ3) is 4.92. The van der Waals surface area contributed by atoms with Gasteiger partial charge < -0.3 is 10.1 Å². The van der Waals surface area contributed by atoms with Crippen LogP contribution in [-0.2, 0) is 10.0 Å². The topological polar surface area (TPSA) is 79.0 Å². The molecule has 0 radical (unpaired) electrons. The molecular formula is C21H33N3O4S.